The van der Waals surface area contributed by atoms with Crippen LogP contribution in [0.25, 0.3) is 0 Å². The first-order valence-corrected chi connectivity index (χ1v) is 25.8. The third-order valence-corrected chi connectivity index (χ3v) is 14.8. The Labute approximate surface area is 409 Å². The Balaban J connectivity index is 1.24. The van der Waals surface area contributed by atoms with Gasteiger partial charge in [-0.15, -0.1) is 0 Å². The highest BCUT2D eigenvalue weighted by atomic mass is 16.5. The molecular formula is C59H82N4O5. The number of carbonyl (C=O) groups excluding carboxylic acids is 2. The number of aliphatic hydroxyl groups is 1. The van der Waals surface area contributed by atoms with Crippen molar-refractivity contribution in [2.45, 2.75) is 167 Å². The summed E-state index contributed by atoms with van der Waals surface area (Å²) < 4.78 is 11.8. The molecule has 368 valence electrons. The molecular weight excluding hydrogens is 845 g/mol. The predicted molar refractivity (Wildman–Crippen MR) is 280 cm³/mol. The van der Waals surface area contributed by atoms with E-state index in [2.05, 4.69) is 80.3 Å². The van der Waals surface area contributed by atoms with Crippen LogP contribution in [0.15, 0.2) is 131 Å². The Morgan fingerprint density at radius 3 is 2.15 bits per heavy atom. The summed E-state index contributed by atoms with van der Waals surface area (Å²) in [6.07, 6.45) is 22.7. The lowest BCUT2D eigenvalue weighted by Gasteiger charge is -2.23. The molecule has 6 rings (SSSR count). The van der Waals surface area contributed by atoms with Gasteiger partial charge in [-0.3, -0.25) is 9.59 Å². The van der Waals surface area contributed by atoms with Crippen LogP contribution in [0.2, 0.25) is 0 Å². The van der Waals surface area contributed by atoms with E-state index in [9.17, 15) is 14.7 Å². The predicted octanol–water partition coefficient (Wildman–Crippen LogP) is 14.4. The topological polar surface area (TPSA) is 122 Å². The summed E-state index contributed by atoms with van der Waals surface area (Å²) in [5.41, 5.74) is 13.1. The minimum atomic E-state index is -1.10. The molecule has 9 heteroatoms. The van der Waals surface area contributed by atoms with Gasteiger partial charge in [-0.05, 0) is 123 Å². The SMILES string of the molecule is C=CC1=C(C)C2=NC1=CC1=NC(=CC3=C(C)C4=C(O)[C@H](C(=O)OCC(C)(C)C)C(=C5NC(=C2)[C@@H](C)[C@@H]5CCC(=O)OC/C=C(\C)CCC[C@H](C)CCC[C@H](C)CCCC(C)C)C4=N3)C(CC)=C1C. The molecule has 0 radical (unpaired) electrons. The Hall–Kier alpha value is -5.05. The zero-order chi connectivity index (χ0) is 49.6. The highest BCUT2D eigenvalue weighted by molar-refractivity contribution is 6.24. The van der Waals surface area contributed by atoms with E-state index in [-0.39, 0.29) is 48.6 Å². The molecule has 5 atom stereocenters. The molecule has 6 aliphatic rings. The smallest absolute Gasteiger partial charge is 0.321 e. The Morgan fingerprint density at radius 2 is 1.50 bits per heavy atom. The van der Waals surface area contributed by atoms with Crippen molar-refractivity contribution in [1.82, 2.24) is 5.32 Å². The number of ether oxygens (including phenoxy) is 2. The number of aliphatic imine (C=N–C) groups is 3. The quantitative estimate of drug-likeness (QED) is 0.0873. The fraction of sp³-hybridized carbons (Fsp3) is 0.576. The van der Waals surface area contributed by atoms with Gasteiger partial charge in [0.1, 0.15) is 18.3 Å². The van der Waals surface area contributed by atoms with Crippen LogP contribution in [0.1, 0.15) is 167 Å². The van der Waals surface area contributed by atoms with Gasteiger partial charge >= 0.3 is 11.9 Å². The third-order valence-electron chi connectivity index (χ3n) is 14.8. The number of hydrogen-bond acceptors (Lipinski definition) is 9. The van der Waals surface area contributed by atoms with Crippen molar-refractivity contribution >= 4 is 29.1 Å². The highest BCUT2D eigenvalue weighted by Crippen LogP contribution is 2.49. The molecule has 0 amide bonds. The lowest BCUT2D eigenvalue weighted by Crippen LogP contribution is -2.28. The Bertz CT molecular complexity index is 2410. The molecule has 8 bridgehead atoms. The standard InChI is InChI=1S/C59H82N4O5/c1-15-42-38(8)45-30-47-40(10)44(26-27-51(64)67-29-28-37(7)25-19-24-36(6)23-18-22-35(5)21-17-20-34(3)4)55(62-47)53-54(58(66)68-33-59(12,13)14)57(65)52-41(11)48(63-56(52)53)32-50-43(16-2)39(9)46(61-50)31-49(42)60-45/h15,28,30-32,34-36,40,44,54,62,65H,1,16-27,29,33H2,2-14H3/b37-28+,47-30?,49-31?,50-32?,55-53?/t35-,36-,40+,44+,54-/m1/s1. The molecule has 68 heavy (non-hydrogen) atoms. The van der Waals surface area contributed by atoms with E-state index >= 15 is 0 Å². The number of carbonyl (C=O) groups is 2. The van der Waals surface area contributed by atoms with Crippen LogP contribution in [0.5, 0.6) is 0 Å². The normalized spacial score (nSPS) is 22.4. The van der Waals surface area contributed by atoms with E-state index in [1.165, 1.54) is 50.5 Å². The molecule has 9 nitrogen and oxygen atoms in total. The first kappa shape index (κ1) is 52.3. The number of nitrogens with zero attached hydrogens (tertiary/aromatic N) is 3. The van der Waals surface area contributed by atoms with Gasteiger partial charge < -0.3 is 19.9 Å². The second-order valence-electron chi connectivity index (χ2n) is 22.2. The number of esters is 2. The Kier molecular flexibility index (Phi) is 17.4. The molecule has 5 heterocycles. The van der Waals surface area contributed by atoms with Crippen molar-refractivity contribution in [2.24, 2.45) is 55.9 Å². The van der Waals surface area contributed by atoms with E-state index < -0.39 is 11.9 Å². The molecule has 1 aliphatic carbocycles. The van der Waals surface area contributed by atoms with E-state index in [4.69, 9.17) is 24.5 Å². The average Bonchev–Trinajstić information content (AvgIpc) is 4.01. The third kappa shape index (κ3) is 12.2. The van der Waals surface area contributed by atoms with E-state index in [0.29, 0.717) is 34.9 Å². The van der Waals surface area contributed by atoms with Gasteiger partial charge in [0.05, 0.1) is 40.8 Å². The zero-order valence-corrected chi connectivity index (χ0v) is 43.9. The minimum Gasteiger partial charge on any atom is -0.510 e. The Morgan fingerprint density at radius 1 is 0.853 bits per heavy atom. The monoisotopic (exact) mass is 927 g/mol. The molecule has 0 aromatic rings. The van der Waals surface area contributed by atoms with Gasteiger partial charge in [0.15, 0.2) is 0 Å². The molecule has 0 aromatic heterocycles. The maximum absolute atomic E-state index is 14.3. The maximum Gasteiger partial charge on any atom is 0.321 e. The lowest BCUT2D eigenvalue weighted by molar-refractivity contribution is -0.149. The van der Waals surface area contributed by atoms with Crippen molar-refractivity contribution in [3.63, 3.8) is 0 Å². The van der Waals surface area contributed by atoms with Gasteiger partial charge in [0.2, 0.25) is 0 Å². The number of aliphatic hydroxyl groups excluding tert-OH is 1. The van der Waals surface area contributed by atoms with Crippen LogP contribution in [0.3, 0.4) is 0 Å². The van der Waals surface area contributed by atoms with Gasteiger partial charge in [-0.1, -0.05) is 125 Å². The summed E-state index contributed by atoms with van der Waals surface area (Å²) in [6, 6.07) is 0. The second kappa shape index (κ2) is 22.6. The van der Waals surface area contributed by atoms with Gasteiger partial charge in [0.25, 0.3) is 0 Å². The van der Waals surface area contributed by atoms with E-state index in [1.807, 2.05) is 52.0 Å². The summed E-state index contributed by atoms with van der Waals surface area (Å²) in [6.45, 7) is 32.5. The van der Waals surface area contributed by atoms with E-state index in [1.54, 1.807) is 0 Å². The van der Waals surface area contributed by atoms with Crippen LogP contribution in [-0.4, -0.2) is 47.4 Å². The number of fused-ring (bicyclic) bond motifs is 5. The molecule has 2 N–H and O–H groups in total. The summed E-state index contributed by atoms with van der Waals surface area (Å²) in [5.74, 6) is -0.0165. The van der Waals surface area contributed by atoms with Crippen LogP contribution in [0, 0.1) is 40.9 Å². The van der Waals surface area contributed by atoms with Crippen LogP contribution >= 0.6 is 0 Å². The first-order valence-electron chi connectivity index (χ1n) is 25.8. The van der Waals surface area contributed by atoms with Crippen molar-refractivity contribution < 1.29 is 24.2 Å². The first-order chi connectivity index (χ1) is 32.2. The lowest BCUT2D eigenvalue weighted by atomic mass is 9.84. The molecule has 0 saturated carbocycles. The summed E-state index contributed by atoms with van der Waals surface area (Å²) in [7, 11) is 0. The maximum atomic E-state index is 14.3. The van der Waals surface area contributed by atoms with Crippen LogP contribution in [-0.2, 0) is 19.1 Å². The fourth-order valence-electron chi connectivity index (χ4n) is 10.5. The van der Waals surface area contributed by atoms with Crippen molar-refractivity contribution in [3.05, 3.63) is 116 Å². The summed E-state index contributed by atoms with van der Waals surface area (Å²) in [4.78, 5) is 43.4. The van der Waals surface area contributed by atoms with Gasteiger partial charge in [-0.2, -0.15) is 0 Å². The van der Waals surface area contributed by atoms with Gasteiger partial charge in [0, 0.05) is 46.4 Å². The van der Waals surface area contributed by atoms with E-state index in [0.717, 1.165) is 93.2 Å². The number of rotatable bonds is 21. The highest BCUT2D eigenvalue weighted by Gasteiger charge is 2.49. The van der Waals surface area contributed by atoms with Gasteiger partial charge in [-0.25, -0.2) is 15.0 Å². The fourth-order valence-corrected chi connectivity index (χ4v) is 10.5. The average molecular weight is 927 g/mol. The molecule has 0 unspecified atom stereocenters. The molecule has 1 saturated heterocycles. The molecule has 0 spiro atoms. The van der Waals surface area contributed by atoms with Crippen LogP contribution in [0.4, 0.5) is 0 Å². The molecule has 5 aliphatic heterocycles. The second-order valence-corrected chi connectivity index (χ2v) is 22.2. The molecule has 0 aromatic carbocycles. The van der Waals surface area contributed by atoms with Crippen molar-refractivity contribution in [2.75, 3.05) is 13.2 Å². The minimum absolute atomic E-state index is 0.0726. The largest absolute Gasteiger partial charge is 0.510 e. The van der Waals surface area contributed by atoms with Crippen molar-refractivity contribution in [3.8, 4) is 0 Å². The number of allylic oxidation sites excluding steroid dienone is 12. The van der Waals surface area contributed by atoms with Crippen molar-refractivity contribution in [1.29, 1.82) is 0 Å². The summed E-state index contributed by atoms with van der Waals surface area (Å²) >= 11 is 0. The zero-order valence-electron chi connectivity index (χ0n) is 43.9. The van der Waals surface area contributed by atoms with Crippen LogP contribution < -0.4 is 5.32 Å². The number of hydrogen-bond donors (Lipinski definition) is 2. The molecule has 1 fully saturated rings. The number of nitrogens with one attached hydrogen (secondary N) is 1. The summed E-state index contributed by atoms with van der Waals surface area (Å²) in [5, 5.41) is 15.9.